The highest BCUT2D eigenvalue weighted by molar-refractivity contribution is 7.89. The molecule has 1 saturated heterocycles. The zero-order valence-electron chi connectivity index (χ0n) is 11.7. The molecule has 116 valence electrons. The fourth-order valence-corrected chi connectivity index (χ4v) is 4.20. The lowest BCUT2D eigenvalue weighted by molar-refractivity contribution is 0.242. The van der Waals surface area contributed by atoms with E-state index in [0.717, 1.165) is 25.8 Å². The van der Waals surface area contributed by atoms with Gasteiger partial charge in [-0.3, -0.25) is 0 Å². The van der Waals surface area contributed by atoms with Crippen LogP contribution in [0.5, 0.6) is 0 Å². The second kappa shape index (κ2) is 7.40. The first kappa shape index (κ1) is 17.4. The molecule has 1 aromatic rings. The predicted octanol–water partition coefficient (Wildman–Crippen LogP) is 1.22. The number of aromatic nitrogens is 2. The molecule has 1 aromatic heterocycles. The summed E-state index contributed by atoms with van der Waals surface area (Å²) in [4.78, 5) is 4.03. The van der Waals surface area contributed by atoms with E-state index < -0.39 is 10.0 Å². The van der Waals surface area contributed by atoms with Crippen molar-refractivity contribution < 1.29 is 8.42 Å². The number of nitrogens with zero attached hydrogens (tertiary/aromatic N) is 3. The molecule has 6 nitrogen and oxygen atoms in total. The molecular weight excluding hydrogens is 300 g/mol. The molecular formula is C12H23ClN4O2S. The van der Waals surface area contributed by atoms with Crippen molar-refractivity contribution in [1.82, 2.24) is 13.9 Å². The van der Waals surface area contributed by atoms with Crippen LogP contribution in [0.2, 0.25) is 0 Å². The molecule has 0 aliphatic carbocycles. The third-order valence-electron chi connectivity index (χ3n) is 3.62. The van der Waals surface area contributed by atoms with E-state index in [9.17, 15) is 8.42 Å². The fourth-order valence-electron chi connectivity index (χ4n) is 2.54. The Balaban J connectivity index is 0.00000200. The van der Waals surface area contributed by atoms with Crippen LogP contribution < -0.4 is 5.73 Å². The summed E-state index contributed by atoms with van der Waals surface area (Å²) in [5, 5.41) is 0.151. The van der Waals surface area contributed by atoms with Crippen LogP contribution in [-0.4, -0.2) is 41.4 Å². The highest BCUT2D eigenvalue weighted by Gasteiger charge is 2.34. The van der Waals surface area contributed by atoms with E-state index >= 15 is 0 Å². The van der Waals surface area contributed by atoms with Crippen LogP contribution in [0.4, 0.5) is 0 Å². The molecule has 0 amide bonds. The minimum atomic E-state index is -3.48. The van der Waals surface area contributed by atoms with Gasteiger partial charge in [0.25, 0.3) is 10.0 Å². The van der Waals surface area contributed by atoms with Gasteiger partial charge in [0.2, 0.25) is 0 Å². The van der Waals surface area contributed by atoms with E-state index in [-0.39, 0.29) is 23.5 Å². The standard InChI is InChI=1S/C12H22N4O2S.ClH/c1-2-15-9-12(14-10-15)19(17,18)16-8-4-3-5-11(16)6-7-13;/h9-11H,2-8,13H2,1H3;1H. The van der Waals surface area contributed by atoms with Gasteiger partial charge in [-0.25, -0.2) is 13.4 Å². The fraction of sp³-hybridized carbons (Fsp3) is 0.750. The van der Waals surface area contributed by atoms with Gasteiger partial charge in [0.15, 0.2) is 5.03 Å². The average molecular weight is 323 g/mol. The first-order chi connectivity index (χ1) is 9.09. The molecule has 0 bridgehead atoms. The smallest absolute Gasteiger partial charge is 0.262 e. The lowest BCUT2D eigenvalue weighted by Crippen LogP contribution is -2.44. The van der Waals surface area contributed by atoms with Crippen molar-refractivity contribution in [2.24, 2.45) is 5.73 Å². The van der Waals surface area contributed by atoms with Crippen LogP contribution in [0.15, 0.2) is 17.6 Å². The third kappa shape index (κ3) is 3.52. The van der Waals surface area contributed by atoms with Crippen LogP contribution in [0, 0.1) is 0 Å². The molecule has 20 heavy (non-hydrogen) atoms. The summed E-state index contributed by atoms with van der Waals surface area (Å²) in [6.07, 6.45) is 6.76. The number of imidazole rings is 1. The van der Waals surface area contributed by atoms with Crippen LogP contribution >= 0.6 is 12.4 Å². The van der Waals surface area contributed by atoms with Crippen molar-refractivity contribution in [1.29, 1.82) is 0 Å². The second-order valence-corrected chi connectivity index (χ2v) is 6.72. The maximum Gasteiger partial charge on any atom is 0.262 e. The molecule has 0 saturated carbocycles. The van der Waals surface area contributed by atoms with E-state index in [1.165, 1.54) is 0 Å². The maximum absolute atomic E-state index is 12.6. The highest BCUT2D eigenvalue weighted by Crippen LogP contribution is 2.25. The van der Waals surface area contributed by atoms with Gasteiger partial charge < -0.3 is 10.3 Å². The largest absolute Gasteiger partial charge is 0.336 e. The summed E-state index contributed by atoms with van der Waals surface area (Å²) in [7, 11) is -3.48. The highest BCUT2D eigenvalue weighted by atomic mass is 35.5. The normalized spacial score (nSPS) is 20.6. The molecule has 2 rings (SSSR count). The number of sulfonamides is 1. The molecule has 2 N–H and O–H groups in total. The summed E-state index contributed by atoms with van der Waals surface area (Å²) >= 11 is 0. The molecule has 1 atom stereocenters. The monoisotopic (exact) mass is 322 g/mol. The number of hydrogen-bond donors (Lipinski definition) is 1. The number of piperidine rings is 1. The molecule has 1 fully saturated rings. The number of hydrogen-bond acceptors (Lipinski definition) is 4. The maximum atomic E-state index is 12.6. The van der Waals surface area contributed by atoms with E-state index in [2.05, 4.69) is 4.98 Å². The topological polar surface area (TPSA) is 81.2 Å². The van der Waals surface area contributed by atoms with Crippen molar-refractivity contribution in [3.05, 3.63) is 12.5 Å². The quantitative estimate of drug-likeness (QED) is 0.883. The number of nitrogens with two attached hydrogens (primary N) is 1. The van der Waals surface area contributed by atoms with Crippen molar-refractivity contribution in [2.75, 3.05) is 13.1 Å². The average Bonchev–Trinajstić information content (AvgIpc) is 2.89. The van der Waals surface area contributed by atoms with Crippen molar-refractivity contribution in [3.8, 4) is 0 Å². The lowest BCUT2D eigenvalue weighted by Gasteiger charge is -2.33. The van der Waals surface area contributed by atoms with Crippen molar-refractivity contribution >= 4 is 22.4 Å². The Bertz CT molecular complexity index is 515. The molecule has 1 unspecified atom stereocenters. The summed E-state index contributed by atoms with van der Waals surface area (Å²) in [5.74, 6) is 0. The first-order valence-electron chi connectivity index (χ1n) is 6.83. The minimum Gasteiger partial charge on any atom is -0.336 e. The van der Waals surface area contributed by atoms with Crippen molar-refractivity contribution in [3.63, 3.8) is 0 Å². The SMILES string of the molecule is CCn1cnc(S(=O)(=O)N2CCCCC2CCN)c1.Cl. The number of rotatable bonds is 5. The molecule has 1 aliphatic heterocycles. The van der Waals surface area contributed by atoms with Gasteiger partial charge in [-0.05, 0) is 32.7 Å². The second-order valence-electron chi connectivity index (χ2n) is 4.89. The predicted molar refractivity (Wildman–Crippen MR) is 80.4 cm³/mol. The number of aryl methyl sites for hydroxylation is 1. The molecule has 8 heteroatoms. The summed E-state index contributed by atoms with van der Waals surface area (Å²) in [6, 6.07) is 0.0236. The van der Waals surface area contributed by atoms with Gasteiger partial charge in [-0.1, -0.05) is 6.42 Å². The van der Waals surface area contributed by atoms with Gasteiger partial charge in [0.05, 0.1) is 6.33 Å². The zero-order chi connectivity index (χ0) is 13.9. The van der Waals surface area contributed by atoms with Gasteiger partial charge in [0.1, 0.15) is 0 Å². The molecule has 2 heterocycles. The van der Waals surface area contributed by atoms with Gasteiger partial charge in [0, 0.05) is 25.3 Å². The molecule has 0 radical (unpaired) electrons. The van der Waals surface area contributed by atoms with Crippen LogP contribution in [-0.2, 0) is 16.6 Å². The van der Waals surface area contributed by atoms with E-state index in [1.807, 2.05) is 6.92 Å². The van der Waals surface area contributed by atoms with Gasteiger partial charge in [-0.2, -0.15) is 4.31 Å². The van der Waals surface area contributed by atoms with Gasteiger partial charge in [-0.15, -0.1) is 12.4 Å². The van der Waals surface area contributed by atoms with E-state index in [1.54, 1.807) is 21.4 Å². The van der Waals surface area contributed by atoms with Crippen LogP contribution in [0.25, 0.3) is 0 Å². The summed E-state index contributed by atoms with van der Waals surface area (Å²) in [6.45, 7) is 3.76. The van der Waals surface area contributed by atoms with Crippen LogP contribution in [0.3, 0.4) is 0 Å². The Kier molecular flexibility index (Phi) is 6.44. The number of halogens is 1. The first-order valence-corrected chi connectivity index (χ1v) is 8.27. The zero-order valence-corrected chi connectivity index (χ0v) is 13.4. The Morgan fingerprint density at radius 1 is 1.45 bits per heavy atom. The summed E-state index contributed by atoms with van der Waals surface area (Å²) in [5.41, 5.74) is 5.59. The van der Waals surface area contributed by atoms with E-state index in [4.69, 9.17) is 5.73 Å². The Labute approximate surface area is 126 Å². The summed E-state index contributed by atoms with van der Waals surface area (Å²) < 4.78 is 28.6. The molecule has 1 aliphatic rings. The Hall–Kier alpha value is -0.630. The molecule has 0 aromatic carbocycles. The van der Waals surface area contributed by atoms with Gasteiger partial charge >= 0.3 is 0 Å². The van der Waals surface area contributed by atoms with Crippen LogP contribution in [0.1, 0.15) is 32.6 Å². The Morgan fingerprint density at radius 2 is 2.20 bits per heavy atom. The minimum absolute atomic E-state index is 0. The lowest BCUT2D eigenvalue weighted by atomic mass is 10.0. The van der Waals surface area contributed by atoms with E-state index in [0.29, 0.717) is 19.5 Å². The third-order valence-corrected chi connectivity index (χ3v) is 5.46. The Morgan fingerprint density at radius 3 is 2.80 bits per heavy atom. The van der Waals surface area contributed by atoms with Crippen molar-refractivity contribution in [2.45, 2.75) is 50.2 Å². The molecule has 0 spiro atoms.